The number of aromatic hydroxyl groups is 1. The van der Waals surface area contributed by atoms with E-state index in [-0.39, 0.29) is 35.8 Å². The van der Waals surface area contributed by atoms with Gasteiger partial charge in [0.25, 0.3) is 5.91 Å². The lowest BCUT2D eigenvalue weighted by Gasteiger charge is -2.50. The first-order chi connectivity index (χ1) is 20.8. The highest BCUT2D eigenvalue weighted by Gasteiger charge is 2.64. The van der Waals surface area contributed by atoms with Crippen LogP contribution in [0.2, 0.25) is 0 Å². The molecule has 1 saturated carbocycles. The van der Waals surface area contributed by atoms with Crippen molar-refractivity contribution in [2.24, 2.45) is 17.6 Å². The molecule has 0 heterocycles. The van der Waals surface area contributed by atoms with E-state index < -0.39 is 58.0 Å². The van der Waals surface area contributed by atoms with Gasteiger partial charge in [0.1, 0.15) is 22.8 Å². The Morgan fingerprint density at radius 2 is 1.77 bits per heavy atom. The summed E-state index contributed by atoms with van der Waals surface area (Å²) in [5.74, 6) is -6.59. The van der Waals surface area contributed by atoms with Crippen LogP contribution in [-0.4, -0.2) is 87.0 Å². The number of urea groups is 1. The molecule has 5 rings (SSSR count). The van der Waals surface area contributed by atoms with Crippen LogP contribution in [0.4, 0.5) is 10.5 Å². The molecule has 0 radical (unpaired) electrons. The number of aliphatic hydroxyl groups is 3. The average molecular weight is 625 g/mol. The number of phenolic OH excluding ortho intramolecular Hbond substituents is 1. The molecule has 13 heteroatoms. The van der Waals surface area contributed by atoms with Gasteiger partial charge in [-0.3, -0.25) is 19.3 Å². The summed E-state index contributed by atoms with van der Waals surface area (Å²) in [5.41, 5.74) is 4.02. The van der Waals surface area contributed by atoms with Gasteiger partial charge in [-0.25, -0.2) is 4.79 Å². The molecule has 8 N–H and O–H groups in total. The normalized spacial score (nSPS) is 24.5. The molecule has 12 nitrogen and oxygen atoms in total. The fourth-order valence-corrected chi connectivity index (χ4v) is 6.83. The van der Waals surface area contributed by atoms with Gasteiger partial charge in [-0.2, -0.15) is 0 Å². The van der Waals surface area contributed by atoms with E-state index in [0.717, 1.165) is 0 Å². The first kappa shape index (κ1) is 31.0. The summed E-state index contributed by atoms with van der Waals surface area (Å²) in [6.07, 6.45) is 0.775. The fourth-order valence-electron chi connectivity index (χ4n) is 6.69. The van der Waals surface area contributed by atoms with Crippen LogP contribution in [0.5, 0.6) is 5.75 Å². The number of primary amides is 1. The number of fused-ring (bicyclic) bond motifs is 3. The number of amides is 3. The number of aliphatic hydroxyl groups excluding tert-OH is 2. The van der Waals surface area contributed by atoms with E-state index in [4.69, 9.17) is 17.3 Å². The zero-order chi connectivity index (χ0) is 32.1. The number of carbonyl (C=O) groups is 4. The maximum absolute atomic E-state index is 14.0. The third-order valence-electron chi connectivity index (χ3n) is 8.65. The number of halogens is 1. The smallest absolute Gasteiger partial charge is 0.319 e. The molecule has 232 valence electrons. The number of likely N-dealkylation sites (N-methyl/N-ethyl adjacent to an activating group) is 1. The number of phenols is 1. The summed E-state index contributed by atoms with van der Waals surface area (Å²) >= 11 is 5.64. The van der Waals surface area contributed by atoms with E-state index in [9.17, 15) is 39.6 Å². The second-order valence-corrected chi connectivity index (χ2v) is 11.8. The van der Waals surface area contributed by atoms with Crippen molar-refractivity contribution in [3.8, 4) is 16.9 Å². The number of benzene rings is 2. The minimum absolute atomic E-state index is 0.000315. The first-order valence-corrected chi connectivity index (χ1v) is 14.6. The van der Waals surface area contributed by atoms with Crippen molar-refractivity contribution < 1.29 is 39.6 Å². The van der Waals surface area contributed by atoms with Gasteiger partial charge in [0.2, 0.25) is 5.78 Å². The molecule has 3 aliphatic carbocycles. The van der Waals surface area contributed by atoms with Gasteiger partial charge in [0.05, 0.1) is 11.6 Å². The predicted octanol–water partition coefficient (Wildman–Crippen LogP) is 2.38. The molecular weight excluding hydrogens is 592 g/mol. The van der Waals surface area contributed by atoms with Crippen molar-refractivity contribution in [1.29, 1.82) is 0 Å². The average Bonchev–Trinajstić information content (AvgIpc) is 2.95. The molecular formula is C31H33ClN4O8. The number of anilines is 1. The van der Waals surface area contributed by atoms with Crippen molar-refractivity contribution in [3.05, 3.63) is 64.4 Å². The molecule has 0 spiro atoms. The predicted molar refractivity (Wildman–Crippen MR) is 162 cm³/mol. The highest BCUT2D eigenvalue weighted by molar-refractivity contribution is 6.24. The SMILES string of the molecule is CN(C)C1C(=O)C(C(N)=O)=C(O)[C@@]2(O)C(=O)C3=C(O)c4c(O)ccc(-c5ccc(NC(=O)NCCCCl)cc5)c4C[C@@H]3C[C@H]12. The highest BCUT2D eigenvalue weighted by atomic mass is 35.5. The van der Waals surface area contributed by atoms with E-state index in [1.165, 1.54) is 11.0 Å². The Balaban J connectivity index is 1.56. The molecule has 4 atom stereocenters. The lowest BCUT2D eigenvalue weighted by molar-refractivity contribution is -0.153. The Hall–Kier alpha value is -4.39. The van der Waals surface area contributed by atoms with Crippen LogP contribution in [0, 0.1) is 11.8 Å². The molecule has 0 bridgehead atoms. The van der Waals surface area contributed by atoms with Gasteiger partial charge in [-0.05, 0) is 74.2 Å². The van der Waals surface area contributed by atoms with E-state index in [0.29, 0.717) is 41.2 Å². The molecule has 44 heavy (non-hydrogen) atoms. The van der Waals surface area contributed by atoms with Crippen molar-refractivity contribution in [2.45, 2.75) is 30.9 Å². The Morgan fingerprint density at radius 1 is 1.09 bits per heavy atom. The number of nitrogens with zero attached hydrogens (tertiary/aromatic N) is 1. The number of hydrogen-bond donors (Lipinski definition) is 7. The molecule has 0 aliphatic heterocycles. The van der Waals surface area contributed by atoms with Gasteiger partial charge in [-0.1, -0.05) is 18.2 Å². The second kappa shape index (κ2) is 11.6. The standard InChI is InChI=1S/C31H33ClN4O8/c1-36(2)24-19-13-15-12-18-17(14-4-6-16(7-5-14)35-30(43)34-11-3-10-32)8-9-20(37)22(18)25(38)21(15)27(40)31(19,44)28(41)23(26(24)39)29(33)42/h4-9,15,19,24,37-38,41,44H,3,10-13H2,1-2H3,(H2,33,42)(H2,34,35,43)/t15-,19-,24?,31+/m1/s1. The molecule has 3 amide bonds. The summed E-state index contributed by atoms with van der Waals surface area (Å²) in [5, 5.41) is 50.4. The van der Waals surface area contributed by atoms with Crippen molar-refractivity contribution >= 4 is 46.6 Å². The van der Waals surface area contributed by atoms with Gasteiger partial charge < -0.3 is 36.8 Å². The number of carbonyl (C=O) groups excluding carboxylic acids is 4. The topological polar surface area (TPSA) is 203 Å². The largest absolute Gasteiger partial charge is 0.508 e. The summed E-state index contributed by atoms with van der Waals surface area (Å²) in [6.45, 7) is 0.430. The Morgan fingerprint density at radius 3 is 2.39 bits per heavy atom. The number of nitrogens with two attached hydrogens (primary N) is 1. The van der Waals surface area contributed by atoms with Crippen LogP contribution in [0.15, 0.2) is 53.3 Å². The number of ketones is 2. The maximum Gasteiger partial charge on any atom is 0.319 e. The number of alkyl halides is 1. The van der Waals surface area contributed by atoms with Crippen molar-refractivity contribution in [2.75, 3.05) is 31.8 Å². The maximum atomic E-state index is 14.0. The number of rotatable bonds is 7. The van der Waals surface area contributed by atoms with Crippen LogP contribution in [0.25, 0.3) is 16.9 Å². The minimum atomic E-state index is -2.70. The quantitative estimate of drug-likeness (QED) is 0.137. The Labute approximate surface area is 257 Å². The van der Waals surface area contributed by atoms with Crippen molar-refractivity contribution in [3.63, 3.8) is 0 Å². The summed E-state index contributed by atoms with van der Waals surface area (Å²) < 4.78 is 0. The zero-order valence-corrected chi connectivity index (χ0v) is 24.8. The third-order valence-corrected chi connectivity index (χ3v) is 8.92. The van der Waals surface area contributed by atoms with Gasteiger partial charge >= 0.3 is 6.03 Å². The third kappa shape index (κ3) is 4.88. The summed E-state index contributed by atoms with van der Waals surface area (Å²) in [7, 11) is 3.09. The van der Waals surface area contributed by atoms with Gasteiger partial charge in [-0.15, -0.1) is 11.6 Å². The first-order valence-electron chi connectivity index (χ1n) is 14.0. The van der Waals surface area contributed by atoms with E-state index >= 15 is 0 Å². The Kier molecular flexibility index (Phi) is 8.19. The summed E-state index contributed by atoms with van der Waals surface area (Å²) in [4.78, 5) is 53.0. The molecule has 2 aromatic rings. The van der Waals surface area contributed by atoms with Crippen LogP contribution in [-0.2, 0) is 20.8 Å². The van der Waals surface area contributed by atoms with E-state index in [1.54, 1.807) is 44.4 Å². The van der Waals surface area contributed by atoms with E-state index in [2.05, 4.69) is 10.6 Å². The zero-order valence-electron chi connectivity index (χ0n) is 24.1. The molecule has 0 saturated heterocycles. The highest BCUT2D eigenvalue weighted by Crippen LogP contribution is 2.53. The Bertz CT molecular complexity index is 1630. The molecule has 1 unspecified atom stereocenters. The van der Waals surface area contributed by atoms with Crippen LogP contribution in [0.1, 0.15) is 24.0 Å². The molecule has 0 aromatic heterocycles. The van der Waals surface area contributed by atoms with Crippen LogP contribution >= 0.6 is 11.6 Å². The number of Topliss-reactive ketones (excluding diaryl/α,β-unsaturated/α-hetero) is 2. The monoisotopic (exact) mass is 624 g/mol. The fraction of sp³-hybridized carbons (Fsp3) is 0.355. The molecule has 1 fully saturated rings. The van der Waals surface area contributed by atoms with Crippen molar-refractivity contribution in [1.82, 2.24) is 10.2 Å². The summed E-state index contributed by atoms with van der Waals surface area (Å²) in [6, 6.07) is 8.43. The number of hydrogen-bond acceptors (Lipinski definition) is 9. The second-order valence-electron chi connectivity index (χ2n) is 11.4. The lowest BCUT2D eigenvalue weighted by atomic mass is 9.57. The van der Waals surface area contributed by atoms with Gasteiger partial charge in [0.15, 0.2) is 11.4 Å². The molecule has 3 aliphatic rings. The molecule has 2 aromatic carbocycles. The van der Waals surface area contributed by atoms with Crippen LogP contribution in [0.3, 0.4) is 0 Å². The van der Waals surface area contributed by atoms with Gasteiger partial charge in [0, 0.05) is 29.6 Å². The lowest BCUT2D eigenvalue weighted by Crippen LogP contribution is -2.65. The van der Waals surface area contributed by atoms with E-state index in [1.807, 2.05) is 0 Å². The minimum Gasteiger partial charge on any atom is -0.508 e. The van der Waals surface area contributed by atoms with Crippen LogP contribution < -0.4 is 16.4 Å². The number of nitrogens with one attached hydrogen (secondary N) is 2.